The summed E-state index contributed by atoms with van der Waals surface area (Å²) < 4.78 is 0. The summed E-state index contributed by atoms with van der Waals surface area (Å²) in [6.07, 6.45) is 1.49. The fourth-order valence-electron chi connectivity index (χ4n) is 1.09. The third kappa shape index (κ3) is 1.72. The molecule has 72 valence electrons. The van der Waals surface area contributed by atoms with Gasteiger partial charge in [0.2, 0.25) is 0 Å². The van der Waals surface area contributed by atoms with Crippen molar-refractivity contribution in [2.45, 2.75) is 17.0 Å². The second-order valence-electron chi connectivity index (χ2n) is 2.86. The van der Waals surface area contributed by atoms with E-state index < -0.39 is 0 Å². The molecule has 0 bridgehead atoms. The molecule has 0 unspecified atom stereocenters. The summed E-state index contributed by atoms with van der Waals surface area (Å²) in [6, 6.07) is 5.83. The van der Waals surface area contributed by atoms with Gasteiger partial charge in [0.05, 0.1) is 0 Å². The standard InChI is InChI=1S/C9H10N4S/c1-6-7(10)3-2-4-8(6)14-9-11-5-12-13-9/h2-5H,10H2,1H3,(H,11,12,13). The Morgan fingerprint density at radius 1 is 1.43 bits per heavy atom. The molecule has 0 saturated heterocycles. The Kier molecular flexibility index (Phi) is 2.41. The van der Waals surface area contributed by atoms with Crippen LogP contribution >= 0.6 is 11.8 Å². The summed E-state index contributed by atoms with van der Waals surface area (Å²) in [4.78, 5) is 5.14. The Morgan fingerprint density at radius 2 is 2.29 bits per heavy atom. The van der Waals surface area contributed by atoms with E-state index in [1.807, 2.05) is 25.1 Å². The normalized spacial score (nSPS) is 10.4. The molecule has 1 aromatic heterocycles. The van der Waals surface area contributed by atoms with Gasteiger partial charge in [-0.2, -0.15) is 5.10 Å². The molecule has 2 rings (SSSR count). The van der Waals surface area contributed by atoms with Crippen molar-refractivity contribution in [3.63, 3.8) is 0 Å². The number of hydrogen-bond acceptors (Lipinski definition) is 4. The highest BCUT2D eigenvalue weighted by Crippen LogP contribution is 2.29. The smallest absolute Gasteiger partial charge is 0.188 e. The quantitative estimate of drug-likeness (QED) is 0.736. The highest BCUT2D eigenvalue weighted by molar-refractivity contribution is 7.99. The molecule has 0 aliphatic rings. The lowest BCUT2D eigenvalue weighted by molar-refractivity contribution is 0.972. The number of H-pyrrole nitrogens is 1. The molecule has 0 aliphatic carbocycles. The van der Waals surface area contributed by atoms with Crippen LogP contribution in [-0.2, 0) is 0 Å². The predicted octanol–water partition coefficient (Wildman–Crippen LogP) is 1.85. The molecule has 1 heterocycles. The van der Waals surface area contributed by atoms with Gasteiger partial charge >= 0.3 is 0 Å². The van der Waals surface area contributed by atoms with E-state index in [4.69, 9.17) is 5.73 Å². The van der Waals surface area contributed by atoms with Gasteiger partial charge in [0, 0.05) is 10.6 Å². The molecule has 3 N–H and O–H groups in total. The predicted molar refractivity (Wildman–Crippen MR) is 56.1 cm³/mol. The highest BCUT2D eigenvalue weighted by Gasteiger charge is 2.04. The molecule has 5 heteroatoms. The number of nitrogens with zero attached hydrogens (tertiary/aromatic N) is 2. The summed E-state index contributed by atoms with van der Waals surface area (Å²) in [5.74, 6) is 0. The second kappa shape index (κ2) is 3.71. The van der Waals surface area contributed by atoms with Gasteiger partial charge in [-0.15, -0.1) is 0 Å². The van der Waals surface area contributed by atoms with Crippen LogP contribution in [-0.4, -0.2) is 15.2 Å². The van der Waals surface area contributed by atoms with Gasteiger partial charge in [-0.05, 0) is 36.4 Å². The van der Waals surface area contributed by atoms with Crippen LogP contribution in [0.25, 0.3) is 0 Å². The fourth-order valence-corrected chi connectivity index (χ4v) is 1.91. The molecular weight excluding hydrogens is 196 g/mol. The maximum Gasteiger partial charge on any atom is 0.188 e. The van der Waals surface area contributed by atoms with Crippen LogP contribution in [0.4, 0.5) is 5.69 Å². The van der Waals surface area contributed by atoms with E-state index in [1.54, 1.807) is 0 Å². The minimum absolute atomic E-state index is 0.777. The average Bonchev–Trinajstić information content (AvgIpc) is 2.66. The third-order valence-electron chi connectivity index (χ3n) is 1.93. The number of nitrogens with one attached hydrogen (secondary N) is 1. The Labute approximate surface area is 85.9 Å². The first-order chi connectivity index (χ1) is 6.77. The number of nitrogens with two attached hydrogens (primary N) is 1. The van der Waals surface area contributed by atoms with Gasteiger partial charge in [-0.3, -0.25) is 5.10 Å². The topological polar surface area (TPSA) is 67.6 Å². The van der Waals surface area contributed by atoms with E-state index in [9.17, 15) is 0 Å². The van der Waals surface area contributed by atoms with Crippen molar-refractivity contribution in [2.24, 2.45) is 0 Å². The van der Waals surface area contributed by atoms with Crippen LogP contribution in [0.15, 0.2) is 34.6 Å². The van der Waals surface area contributed by atoms with E-state index in [1.165, 1.54) is 18.1 Å². The lowest BCUT2D eigenvalue weighted by Crippen LogP contribution is -1.90. The molecule has 1 aromatic carbocycles. The van der Waals surface area contributed by atoms with Crippen LogP contribution < -0.4 is 5.73 Å². The summed E-state index contributed by atoms with van der Waals surface area (Å²) in [5.41, 5.74) is 7.67. The van der Waals surface area contributed by atoms with Crippen molar-refractivity contribution in [2.75, 3.05) is 5.73 Å². The first kappa shape index (κ1) is 9.08. The lowest BCUT2D eigenvalue weighted by Gasteiger charge is -2.04. The van der Waals surface area contributed by atoms with E-state index in [0.717, 1.165) is 21.3 Å². The van der Waals surface area contributed by atoms with Crippen molar-refractivity contribution in [1.29, 1.82) is 0 Å². The van der Waals surface area contributed by atoms with Crippen molar-refractivity contribution in [1.82, 2.24) is 15.2 Å². The van der Waals surface area contributed by atoms with Crippen molar-refractivity contribution in [3.8, 4) is 0 Å². The SMILES string of the molecule is Cc1c(N)cccc1Sc1ncn[nH]1. The molecule has 2 aromatic rings. The zero-order chi connectivity index (χ0) is 9.97. The van der Waals surface area contributed by atoms with Crippen LogP contribution in [0.3, 0.4) is 0 Å². The van der Waals surface area contributed by atoms with E-state index in [2.05, 4.69) is 15.2 Å². The van der Waals surface area contributed by atoms with Crippen LogP contribution in [0.5, 0.6) is 0 Å². The average molecular weight is 206 g/mol. The molecular formula is C9H10N4S. The Hall–Kier alpha value is -1.49. The summed E-state index contributed by atoms with van der Waals surface area (Å²) >= 11 is 1.53. The minimum Gasteiger partial charge on any atom is -0.398 e. The Balaban J connectivity index is 2.29. The lowest BCUT2D eigenvalue weighted by atomic mass is 10.2. The van der Waals surface area contributed by atoms with Crippen LogP contribution in [0.1, 0.15) is 5.56 Å². The van der Waals surface area contributed by atoms with Gasteiger partial charge in [0.25, 0.3) is 0 Å². The number of anilines is 1. The maximum atomic E-state index is 5.79. The first-order valence-electron chi connectivity index (χ1n) is 4.15. The Morgan fingerprint density at radius 3 is 3.00 bits per heavy atom. The third-order valence-corrected chi connectivity index (χ3v) is 2.98. The summed E-state index contributed by atoms with van der Waals surface area (Å²) in [6.45, 7) is 1.99. The van der Waals surface area contributed by atoms with E-state index >= 15 is 0 Å². The Bertz CT molecular complexity index is 424. The number of aromatic nitrogens is 3. The summed E-state index contributed by atoms with van der Waals surface area (Å²) in [7, 11) is 0. The van der Waals surface area contributed by atoms with E-state index in [0.29, 0.717) is 0 Å². The number of rotatable bonds is 2. The molecule has 0 spiro atoms. The van der Waals surface area contributed by atoms with Crippen molar-refractivity contribution in [3.05, 3.63) is 30.1 Å². The number of benzene rings is 1. The fraction of sp³-hybridized carbons (Fsp3) is 0.111. The number of nitrogen functional groups attached to an aromatic ring is 1. The van der Waals surface area contributed by atoms with E-state index in [-0.39, 0.29) is 0 Å². The minimum atomic E-state index is 0.777. The molecule has 4 nitrogen and oxygen atoms in total. The molecule has 0 aliphatic heterocycles. The first-order valence-corrected chi connectivity index (χ1v) is 4.97. The molecule has 14 heavy (non-hydrogen) atoms. The van der Waals surface area contributed by atoms with Crippen LogP contribution in [0, 0.1) is 6.92 Å². The van der Waals surface area contributed by atoms with Gasteiger partial charge < -0.3 is 5.73 Å². The molecule has 0 atom stereocenters. The molecule has 0 amide bonds. The monoisotopic (exact) mass is 206 g/mol. The number of hydrogen-bond donors (Lipinski definition) is 2. The van der Waals surface area contributed by atoms with Gasteiger partial charge in [0.15, 0.2) is 5.16 Å². The zero-order valence-electron chi connectivity index (χ0n) is 7.69. The molecule has 0 saturated carbocycles. The zero-order valence-corrected chi connectivity index (χ0v) is 8.51. The van der Waals surface area contributed by atoms with Gasteiger partial charge in [-0.1, -0.05) is 6.07 Å². The highest BCUT2D eigenvalue weighted by atomic mass is 32.2. The number of aromatic amines is 1. The maximum absolute atomic E-state index is 5.79. The molecule has 0 fully saturated rings. The second-order valence-corrected chi connectivity index (χ2v) is 3.89. The molecule has 0 radical (unpaired) electrons. The van der Waals surface area contributed by atoms with Gasteiger partial charge in [0.1, 0.15) is 6.33 Å². The largest absolute Gasteiger partial charge is 0.398 e. The van der Waals surface area contributed by atoms with Crippen molar-refractivity contribution < 1.29 is 0 Å². The van der Waals surface area contributed by atoms with Crippen LogP contribution in [0.2, 0.25) is 0 Å². The summed E-state index contributed by atoms with van der Waals surface area (Å²) in [5, 5.41) is 7.35. The van der Waals surface area contributed by atoms with Gasteiger partial charge in [-0.25, -0.2) is 4.98 Å². The van der Waals surface area contributed by atoms with Crippen molar-refractivity contribution >= 4 is 17.4 Å².